The number of aromatic nitrogens is 3. The molecule has 1 N–H and O–H groups in total. The number of benzene rings is 2. The maximum absolute atomic E-state index is 6.37. The van der Waals surface area contributed by atoms with Gasteiger partial charge in [-0.25, -0.2) is 4.68 Å². The molecule has 0 spiro atoms. The molecule has 6 nitrogen and oxygen atoms in total. The first-order chi connectivity index (χ1) is 12.2. The van der Waals surface area contributed by atoms with Gasteiger partial charge in [-0.15, -0.1) is 10.2 Å². The lowest BCUT2D eigenvalue weighted by atomic mass is 10.2. The van der Waals surface area contributed by atoms with Crippen molar-refractivity contribution in [3.63, 3.8) is 0 Å². The average Bonchev–Trinajstić information content (AvgIpc) is 3.12. The zero-order chi connectivity index (χ0) is 17.6. The van der Waals surface area contributed by atoms with Crippen LogP contribution in [0, 0.1) is 0 Å². The van der Waals surface area contributed by atoms with E-state index in [4.69, 9.17) is 32.7 Å². The van der Waals surface area contributed by atoms with Crippen molar-refractivity contribution in [1.29, 1.82) is 0 Å². The number of rotatable bonds is 7. The monoisotopic (exact) mass is 378 g/mol. The second-order valence-corrected chi connectivity index (χ2v) is 6.06. The summed E-state index contributed by atoms with van der Waals surface area (Å²) in [6.45, 7) is 0.855. The molecule has 0 unspecified atom stereocenters. The normalized spacial score (nSPS) is 10.5. The molecule has 1 aromatic heterocycles. The molecule has 0 fully saturated rings. The average molecular weight is 379 g/mol. The largest absolute Gasteiger partial charge is 0.493 e. The fraction of sp³-hybridized carbons (Fsp3) is 0.176. The Morgan fingerprint density at radius 3 is 2.60 bits per heavy atom. The molecule has 0 atom stereocenters. The molecule has 0 radical (unpaired) electrons. The van der Waals surface area contributed by atoms with Crippen molar-refractivity contribution in [3.8, 4) is 11.5 Å². The minimum atomic E-state index is 0.367. The van der Waals surface area contributed by atoms with Gasteiger partial charge in [0.1, 0.15) is 19.3 Å². The molecule has 3 rings (SSSR count). The lowest BCUT2D eigenvalue weighted by Crippen LogP contribution is -2.12. The Hall–Kier alpha value is -2.44. The predicted octanol–water partition coefficient (Wildman–Crippen LogP) is 3.92. The lowest BCUT2D eigenvalue weighted by molar-refractivity contribution is 0.284. The second kappa shape index (κ2) is 8.09. The summed E-state index contributed by atoms with van der Waals surface area (Å²) in [5.74, 6) is 1.17. The fourth-order valence-electron chi connectivity index (χ4n) is 2.23. The number of nitrogens with one attached hydrogen (secondary N) is 1. The number of ether oxygens (including phenoxy) is 2. The van der Waals surface area contributed by atoms with E-state index in [0.717, 1.165) is 11.1 Å². The first kappa shape index (κ1) is 17.4. The van der Waals surface area contributed by atoms with E-state index in [9.17, 15) is 0 Å². The van der Waals surface area contributed by atoms with Gasteiger partial charge in [-0.2, -0.15) is 0 Å². The summed E-state index contributed by atoms with van der Waals surface area (Å²) >= 11 is 12.4. The Labute approximate surface area is 155 Å². The molecule has 0 aliphatic rings. The van der Waals surface area contributed by atoms with Crippen molar-refractivity contribution >= 4 is 23.2 Å². The van der Waals surface area contributed by atoms with Crippen molar-refractivity contribution in [2.45, 2.75) is 13.2 Å². The third-order valence-corrected chi connectivity index (χ3v) is 4.07. The smallest absolute Gasteiger partial charge is 0.163 e. The van der Waals surface area contributed by atoms with Crippen molar-refractivity contribution in [2.75, 3.05) is 12.5 Å². The Bertz CT molecular complexity index is 841. The molecular weight excluding hydrogens is 363 g/mol. The molecule has 0 aliphatic carbocycles. The van der Waals surface area contributed by atoms with E-state index in [1.807, 2.05) is 30.3 Å². The van der Waals surface area contributed by atoms with E-state index in [0.29, 0.717) is 34.7 Å². The van der Waals surface area contributed by atoms with Crippen LogP contribution in [-0.2, 0) is 13.2 Å². The second-order valence-electron chi connectivity index (χ2n) is 5.22. The molecule has 0 saturated carbocycles. The van der Waals surface area contributed by atoms with Crippen molar-refractivity contribution in [1.82, 2.24) is 14.9 Å². The van der Waals surface area contributed by atoms with Crippen LogP contribution >= 0.6 is 23.2 Å². The summed E-state index contributed by atoms with van der Waals surface area (Å²) in [6, 6.07) is 11.1. The van der Waals surface area contributed by atoms with Gasteiger partial charge in [-0.1, -0.05) is 35.3 Å². The molecule has 8 heteroatoms. The van der Waals surface area contributed by atoms with Crippen LogP contribution in [0.2, 0.25) is 10.0 Å². The molecule has 2 aromatic carbocycles. The minimum absolute atomic E-state index is 0.367. The van der Waals surface area contributed by atoms with Crippen molar-refractivity contribution < 1.29 is 9.47 Å². The number of hydrogen-bond acceptors (Lipinski definition) is 5. The standard InChI is InChI=1S/C17H16Cl2N4O2/c1-24-16-6-13(8-22-23-10-20-21-11-23)15(19)7-17(16)25-9-12-3-2-4-14(18)5-12/h2-7,10-11,22H,8-9H2,1H3. The number of hydrogen-bond donors (Lipinski definition) is 1. The Morgan fingerprint density at radius 2 is 1.88 bits per heavy atom. The van der Waals surface area contributed by atoms with Crippen LogP contribution in [-0.4, -0.2) is 22.0 Å². The predicted molar refractivity (Wildman–Crippen MR) is 96.9 cm³/mol. The molecule has 0 amide bonds. The van der Waals surface area contributed by atoms with Gasteiger partial charge >= 0.3 is 0 Å². The summed E-state index contributed by atoms with van der Waals surface area (Å²) in [7, 11) is 1.59. The van der Waals surface area contributed by atoms with Crippen LogP contribution in [0.1, 0.15) is 11.1 Å². The molecule has 1 heterocycles. The third-order valence-electron chi connectivity index (χ3n) is 3.49. The van der Waals surface area contributed by atoms with Gasteiger partial charge in [-0.3, -0.25) is 0 Å². The van der Waals surface area contributed by atoms with Crippen LogP contribution in [0.4, 0.5) is 0 Å². The molecule has 0 bridgehead atoms. The van der Waals surface area contributed by atoms with Crippen molar-refractivity contribution in [2.24, 2.45) is 0 Å². The lowest BCUT2D eigenvalue weighted by Gasteiger charge is -2.15. The van der Waals surface area contributed by atoms with E-state index in [-0.39, 0.29) is 0 Å². The van der Waals surface area contributed by atoms with Crippen LogP contribution in [0.3, 0.4) is 0 Å². The Morgan fingerprint density at radius 1 is 1.08 bits per heavy atom. The van der Waals surface area contributed by atoms with E-state index < -0.39 is 0 Å². The SMILES string of the molecule is COc1cc(CNn2cnnc2)c(Cl)cc1OCc1cccc(Cl)c1. The maximum Gasteiger partial charge on any atom is 0.163 e. The van der Waals surface area contributed by atoms with Gasteiger partial charge in [0.15, 0.2) is 11.5 Å². The van der Waals surface area contributed by atoms with Gasteiger partial charge in [0.05, 0.1) is 13.7 Å². The third kappa shape index (κ3) is 4.55. The van der Waals surface area contributed by atoms with Gasteiger partial charge < -0.3 is 14.9 Å². The quantitative estimate of drug-likeness (QED) is 0.674. The molecular formula is C17H16Cl2N4O2. The molecule has 3 aromatic rings. The van der Waals surface area contributed by atoms with E-state index in [1.54, 1.807) is 30.5 Å². The summed E-state index contributed by atoms with van der Waals surface area (Å²) in [5, 5.41) is 8.69. The van der Waals surface area contributed by atoms with Gasteiger partial charge in [-0.05, 0) is 29.3 Å². The van der Waals surface area contributed by atoms with Gasteiger partial charge in [0.25, 0.3) is 0 Å². The molecule has 0 aliphatic heterocycles. The highest BCUT2D eigenvalue weighted by atomic mass is 35.5. The summed E-state index contributed by atoms with van der Waals surface area (Å²) < 4.78 is 12.9. The van der Waals surface area contributed by atoms with Crippen molar-refractivity contribution in [3.05, 3.63) is 70.2 Å². The summed E-state index contributed by atoms with van der Waals surface area (Å²) in [6.07, 6.45) is 3.13. The van der Waals surface area contributed by atoms with E-state index in [1.165, 1.54) is 0 Å². The Kier molecular flexibility index (Phi) is 5.63. The number of methoxy groups -OCH3 is 1. The van der Waals surface area contributed by atoms with Crippen LogP contribution in [0.25, 0.3) is 0 Å². The highest BCUT2D eigenvalue weighted by Crippen LogP contribution is 2.34. The van der Waals surface area contributed by atoms with E-state index >= 15 is 0 Å². The topological polar surface area (TPSA) is 61.2 Å². The van der Waals surface area contributed by atoms with E-state index in [2.05, 4.69) is 15.6 Å². The van der Waals surface area contributed by atoms with Crippen LogP contribution in [0.15, 0.2) is 49.1 Å². The fourth-order valence-corrected chi connectivity index (χ4v) is 2.67. The zero-order valence-electron chi connectivity index (χ0n) is 13.4. The number of nitrogens with zero attached hydrogens (tertiary/aromatic N) is 3. The number of halogens is 2. The first-order valence-electron chi connectivity index (χ1n) is 7.48. The van der Waals surface area contributed by atoms with Gasteiger partial charge in [0.2, 0.25) is 0 Å². The van der Waals surface area contributed by atoms with Gasteiger partial charge in [0, 0.05) is 16.1 Å². The van der Waals surface area contributed by atoms with Crippen LogP contribution in [0.5, 0.6) is 11.5 Å². The summed E-state index contributed by atoms with van der Waals surface area (Å²) in [4.78, 5) is 0. The molecule has 130 valence electrons. The maximum atomic E-state index is 6.37. The minimum Gasteiger partial charge on any atom is -0.493 e. The highest BCUT2D eigenvalue weighted by Gasteiger charge is 2.11. The highest BCUT2D eigenvalue weighted by molar-refractivity contribution is 6.31. The Balaban J connectivity index is 1.72. The van der Waals surface area contributed by atoms with Crippen LogP contribution < -0.4 is 14.9 Å². The first-order valence-corrected chi connectivity index (χ1v) is 8.23. The zero-order valence-corrected chi connectivity index (χ0v) is 15.0. The molecule has 0 saturated heterocycles. The summed E-state index contributed by atoms with van der Waals surface area (Å²) in [5.41, 5.74) is 4.94. The molecule has 25 heavy (non-hydrogen) atoms.